The highest BCUT2D eigenvalue weighted by Crippen LogP contribution is 2.22. The molecule has 5 nitrogen and oxygen atoms in total. The van der Waals surface area contributed by atoms with E-state index in [0.717, 1.165) is 5.56 Å². The predicted molar refractivity (Wildman–Crippen MR) is 90.2 cm³/mol. The SMILES string of the molecule is Cn1cc(CC(=O)N[C@H](COc2ccccc2F)C(C)(C)C)cn1. The monoisotopic (exact) mass is 333 g/mol. The second-order valence-electron chi connectivity index (χ2n) is 6.93. The number of carbonyl (C=O) groups is 1. The Balaban J connectivity index is 1.98. The number of rotatable bonds is 6. The van der Waals surface area contributed by atoms with Gasteiger partial charge in [-0.3, -0.25) is 9.48 Å². The second-order valence-corrected chi connectivity index (χ2v) is 6.93. The molecule has 1 aromatic heterocycles. The lowest BCUT2D eigenvalue weighted by atomic mass is 9.87. The summed E-state index contributed by atoms with van der Waals surface area (Å²) in [6.45, 7) is 6.22. The van der Waals surface area contributed by atoms with Crippen molar-refractivity contribution in [3.8, 4) is 5.75 Å². The van der Waals surface area contributed by atoms with E-state index in [1.54, 1.807) is 29.1 Å². The third kappa shape index (κ3) is 5.08. The predicted octanol–water partition coefficient (Wildman–Crippen LogP) is 2.71. The summed E-state index contributed by atoms with van der Waals surface area (Å²) in [6.07, 6.45) is 3.73. The molecule has 0 aliphatic carbocycles. The van der Waals surface area contributed by atoms with Crippen LogP contribution in [0.3, 0.4) is 0 Å². The Morgan fingerprint density at radius 2 is 2.08 bits per heavy atom. The Morgan fingerprint density at radius 1 is 1.38 bits per heavy atom. The number of nitrogens with one attached hydrogen (secondary N) is 1. The number of amides is 1. The number of hydrogen-bond acceptors (Lipinski definition) is 3. The van der Waals surface area contributed by atoms with Crippen molar-refractivity contribution in [2.45, 2.75) is 33.2 Å². The molecular weight excluding hydrogens is 309 g/mol. The lowest BCUT2D eigenvalue weighted by molar-refractivity contribution is -0.122. The minimum absolute atomic E-state index is 0.111. The number of hydrogen-bond donors (Lipinski definition) is 1. The van der Waals surface area contributed by atoms with Crippen molar-refractivity contribution in [2.24, 2.45) is 12.5 Å². The maximum Gasteiger partial charge on any atom is 0.224 e. The Labute approximate surface area is 141 Å². The number of aromatic nitrogens is 2. The molecule has 0 spiro atoms. The van der Waals surface area contributed by atoms with Gasteiger partial charge in [-0.05, 0) is 23.1 Å². The van der Waals surface area contributed by atoms with Crippen molar-refractivity contribution in [3.05, 3.63) is 48.0 Å². The van der Waals surface area contributed by atoms with Gasteiger partial charge >= 0.3 is 0 Å². The van der Waals surface area contributed by atoms with Crippen LogP contribution >= 0.6 is 0 Å². The summed E-state index contributed by atoms with van der Waals surface area (Å²) in [5, 5.41) is 7.03. The minimum atomic E-state index is -0.410. The van der Waals surface area contributed by atoms with Crippen molar-refractivity contribution in [1.82, 2.24) is 15.1 Å². The molecule has 0 saturated carbocycles. The number of para-hydroxylation sites is 1. The average molecular weight is 333 g/mol. The van der Waals surface area contributed by atoms with Crippen molar-refractivity contribution < 1.29 is 13.9 Å². The van der Waals surface area contributed by atoms with Crippen molar-refractivity contribution in [3.63, 3.8) is 0 Å². The molecule has 1 amide bonds. The zero-order valence-corrected chi connectivity index (χ0v) is 14.5. The van der Waals surface area contributed by atoms with Gasteiger partial charge in [0.05, 0.1) is 18.7 Å². The highest BCUT2D eigenvalue weighted by atomic mass is 19.1. The molecule has 6 heteroatoms. The zero-order chi connectivity index (χ0) is 17.7. The van der Waals surface area contributed by atoms with Crippen molar-refractivity contribution >= 4 is 5.91 Å². The molecule has 1 N–H and O–H groups in total. The first-order chi connectivity index (χ1) is 11.3. The van der Waals surface area contributed by atoms with Crippen LogP contribution in [0.4, 0.5) is 4.39 Å². The zero-order valence-electron chi connectivity index (χ0n) is 14.5. The van der Waals surface area contributed by atoms with E-state index < -0.39 is 5.82 Å². The second kappa shape index (κ2) is 7.47. The van der Waals surface area contributed by atoms with Gasteiger partial charge in [-0.25, -0.2) is 4.39 Å². The van der Waals surface area contributed by atoms with Gasteiger partial charge in [0.2, 0.25) is 5.91 Å². The van der Waals surface area contributed by atoms with Gasteiger partial charge < -0.3 is 10.1 Å². The molecule has 1 aromatic carbocycles. The molecule has 2 rings (SSSR count). The lowest BCUT2D eigenvalue weighted by Gasteiger charge is -2.31. The number of ether oxygens (including phenoxy) is 1. The Hall–Kier alpha value is -2.37. The molecule has 0 saturated heterocycles. The first kappa shape index (κ1) is 18.0. The van der Waals surface area contributed by atoms with Crippen LogP contribution in [-0.2, 0) is 18.3 Å². The summed E-state index contributed by atoms with van der Waals surface area (Å²) < 4.78 is 20.9. The van der Waals surface area contributed by atoms with Crippen LogP contribution in [0.2, 0.25) is 0 Å². The van der Waals surface area contributed by atoms with E-state index in [4.69, 9.17) is 4.74 Å². The molecule has 2 aromatic rings. The van der Waals surface area contributed by atoms with Crippen LogP contribution < -0.4 is 10.1 Å². The van der Waals surface area contributed by atoms with Crippen LogP contribution in [0.15, 0.2) is 36.7 Å². The molecule has 0 aliphatic heterocycles. The van der Waals surface area contributed by atoms with Crippen LogP contribution in [-0.4, -0.2) is 28.3 Å². The minimum Gasteiger partial charge on any atom is -0.488 e. The van der Waals surface area contributed by atoms with E-state index in [2.05, 4.69) is 10.4 Å². The summed E-state index contributed by atoms with van der Waals surface area (Å²) in [6, 6.07) is 6.00. The number of aryl methyl sites for hydroxylation is 1. The van der Waals surface area contributed by atoms with E-state index in [0.29, 0.717) is 0 Å². The van der Waals surface area contributed by atoms with Crippen LogP contribution in [0.5, 0.6) is 5.75 Å². The van der Waals surface area contributed by atoms with E-state index in [-0.39, 0.29) is 36.1 Å². The Morgan fingerprint density at radius 3 is 2.67 bits per heavy atom. The van der Waals surface area contributed by atoms with Crippen molar-refractivity contribution in [2.75, 3.05) is 6.61 Å². The maximum atomic E-state index is 13.7. The summed E-state index contributed by atoms with van der Waals surface area (Å²) in [5.41, 5.74) is 0.619. The lowest BCUT2D eigenvalue weighted by Crippen LogP contribution is -2.48. The van der Waals surface area contributed by atoms with Crippen LogP contribution in [0, 0.1) is 11.2 Å². The standard InChI is InChI=1S/C18H24FN3O2/c1-18(2,3)16(12-24-15-8-6-5-7-14(15)19)21-17(23)9-13-10-20-22(4)11-13/h5-8,10-11,16H,9,12H2,1-4H3,(H,21,23)/t16-/m1/s1. The summed E-state index contributed by atoms with van der Waals surface area (Å²) in [7, 11) is 1.81. The quantitative estimate of drug-likeness (QED) is 0.884. The van der Waals surface area contributed by atoms with Gasteiger partial charge in [-0.1, -0.05) is 32.9 Å². The first-order valence-electron chi connectivity index (χ1n) is 7.90. The van der Waals surface area contributed by atoms with E-state index in [1.165, 1.54) is 6.07 Å². The average Bonchev–Trinajstić information content (AvgIpc) is 2.89. The normalized spacial score (nSPS) is 12.7. The third-order valence-electron chi connectivity index (χ3n) is 3.75. The molecule has 130 valence electrons. The van der Waals surface area contributed by atoms with E-state index in [9.17, 15) is 9.18 Å². The number of benzene rings is 1. The fourth-order valence-corrected chi connectivity index (χ4v) is 2.24. The Bertz CT molecular complexity index is 692. The molecule has 0 unspecified atom stereocenters. The Kier molecular flexibility index (Phi) is 5.59. The van der Waals surface area contributed by atoms with Crippen LogP contribution in [0.1, 0.15) is 26.3 Å². The number of halogens is 1. The third-order valence-corrected chi connectivity index (χ3v) is 3.75. The van der Waals surface area contributed by atoms with E-state index in [1.807, 2.05) is 34.0 Å². The number of nitrogens with zero attached hydrogens (tertiary/aromatic N) is 2. The fraction of sp³-hybridized carbons (Fsp3) is 0.444. The number of carbonyl (C=O) groups excluding carboxylic acids is 1. The summed E-state index contributed by atoms with van der Waals surface area (Å²) >= 11 is 0. The fourth-order valence-electron chi connectivity index (χ4n) is 2.24. The summed E-state index contributed by atoms with van der Waals surface area (Å²) in [4.78, 5) is 12.3. The van der Waals surface area contributed by atoms with Gasteiger partial charge in [0.25, 0.3) is 0 Å². The molecule has 0 fully saturated rings. The largest absolute Gasteiger partial charge is 0.488 e. The van der Waals surface area contributed by atoms with Gasteiger partial charge in [-0.2, -0.15) is 5.10 Å². The maximum absolute atomic E-state index is 13.7. The molecule has 24 heavy (non-hydrogen) atoms. The van der Waals surface area contributed by atoms with Gasteiger partial charge in [0, 0.05) is 13.2 Å². The highest BCUT2D eigenvalue weighted by molar-refractivity contribution is 5.78. The molecule has 0 aliphatic rings. The smallest absolute Gasteiger partial charge is 0.224 e. The topological polar surface area (TPSA) is 56.2 Å². The van der Waals surface area contributed by atoms with Gasteiger partial charge in [-0.15, -0.1) is 0 Å². The molecule has 0 radical (unpaired) electrons. The molecule has 1 heterocycles. The summed E-state index contributed by atoms with van der Waals surface area (Å²) in [5.74, 6) is -0.333. The molecule has 1 atom stereocenters. The first-order valence-corrected chi connectivity index (χ1v) is 7.90. The molecular formula is C18H24FN3O2. The van der Waals surface area contributed by atoms with Crippen LogP contribution in [0.25, 0.3) is 0 Å². The highest BCUT2D eigenvalue weighted by Gasteiger charge is 2.27. The van der Waals surface area contributed by atoms with Gasteiger partial charge in [0.1, 0.15) is 6.61 Å². The van der Waals surface area contributed by atoms with Gasteiger partial charge in [0.15, 0.2) is 11.6 Å². The van der Waals surface area contributed by atoms with Crippen molar-refractivity contribution in [1.29, 1.82) is 0 Å². The van der Waals surface area contributed by atoms with E-state index >= 15 is 0 Å². The molecule has 0 bridgehead atoms.